The van der Waals surface area contributed by atoms with Gasteiger partial charge in [-0.05, 0) is 30.4 Å². The molecule has 0 atom stereocenters. The highest BCUT2D eigenvalue weighted by Crippen LogP contribution is 2.23. The maximum Gasteiger partial charge on any atom is 0.275 e. The summed E-state index contributed by atoms with van der Waals surface area (Å²) in [5.74, 6) is 0.474. The van der Waals surface area contributed by atoms with Crippen LogP contribution in [0, 0.1) is 0 Å². The third-order valence-corrected chi connectivity index (χ3v) is 3.96. The molecule has 5 nitrogen and oxygen atoms in total. The largest absolute Gasteiger partial charge is 0.369 e. The van der Waals surface area contributed by atoms with Gasteiger partial charge in [0.15, 0.2) is 0 Å². The van der Waals surface area contributed by atoms with E-state index in [4.69, 9.17) is 0 Å². The lowest BCUT2D eigenvalue weighted by Gasteiger charge is -2.14. The number of unbranched alkanes of at least 4 members (excludes halogenated alkanes) is 1. The Balaban J connectivity index is 2.10. The summed E-state index contributed by atoms with van der Waals surface area (Å²) in [6, 6.07) is 6.12. The van der Waals surface area contributed by atoms with Crippen LogP contribution in [0.2, 0.25) is 0 Å². The Morgan fingerprint density at radius 3 is 2.29 bits per heavy atom. The summed E-state index contributed by atoms with van der Waals surface area (Å²) in [7, 11) is 0. The Labute approximate surface area is 143 Å². The van der Waals surface area contributed by atoms with Crippen LogP contribution in [0.25, 0.3) is 0 Å². The molecule has 1 aromatic heterocycles. The quantitative estimate of drug-likeness (QED) is 0.718. The number of benzene rings is 1. The van der Waals surface area contributed by atoms with Crippen LogP contribution in [0.1, 0.15) is 55.2 Å². The molecule has 128 valence electrons. The van der Waals surface area contributed by atoms with Gasteiger partial charge in [-0.2, -0.15) is 0 Å². The van der Waals surface area contributed by atoms with E-state index >= 15 is 0 Å². The minimum Gasteiger partial charge on any atom is -0.369 e. The molecule has 0 aliphatic heterocycles. The van der Waals surface area contributed by atoms with E-state index < -0.39 is 0 Å². The number of aryl methyl sites for hydroxylation is 2. The molecule has 0 saturated carbocycles. The van der Waals surface area contributed by atoms with Crippen molar-refractivity contribution >= 4 is 17.4 Å². The van der Waals surface area contributed by atoms with Crippen molar-refractivity contribution in [3.05, 3.63) is 47.4 Å². The zero-order chi connectivity index (χ0) is 17.4. The second-order valence-corrected chi connectivity index (χ2v) is 5.68. The predicted octanol–water partition coefficient (Wildman–Crippen LogP) is 4.07. The van der Waals surface area contributed by atoms with Crippen molar-refractivity contribution in [2.75, 3.05) is 17.2 Å². The third kappa shape index (κ3) is 4.54. The molecule has 2 N–H and O–H groups in total. The number of amides is 1. The molecule has 0 aliphatic rings. The number of anilines is 2. The van der Waals surface area contributed by atoms with E-state index in [9.17, 15) is 4.79 Å². The van der Waals surface area contributed by atoms with Gasteiger partial charge in [-0.15, -0.1) is 0 Å². The summed E-state index contributed by atoms with van der Waals surface area (Å²) in [6.45, 7) is 7.17. The number of nitrogens with one attached hydrogen (secondary N) is 2. The molecule has 2 aromatic rings. The molecule has 0 aliphatic carbocycles. The number of hydrogen-bond donors (Lipinski definition) is 2. The van der Waals surface area contributed by atoms with Gasteiger partial charge in [0.2, 0.25) is 0 Å². The molecular weight excluding hydrogens is 300 g/mol. The van der Waals surface area contributed by atoms with Crippen LogP contribution in [0.3, 0.4) is 0 Å². The highest BCUT2D eigenvalue weighted by atomic mass is 16.1. The lowest BCUT2D eigenvalue weighted by Crippen LogP contribution is -2.17. The fourth-order valence-electron chi connectivity index (χ4n) is 2.51. The predicted molar refractivity (Wildman–Crippen MR) is 98.6 cm³/mol. The second-order valence-electron chi connectivity index (χ2n) is 5.68. The zero-order valence-corrected chi connectivity index (χ0v) is 14.7. The minimum absolute atomic E-state index is 0.224. The van der Waals surface area contributed by atoms with Crippen LogP contribution < -0.4 is 10.6 Å². The van der Waals surface area contributed by atoms with Crippen molar-refractivity contribution in [2.45, 2.75) is 46.5 Å². The molecule has 1 amide bonds. The van der Waals surface area contributed by atoms with Crippen LogP contribution in [0.5, 0.6) is 0 Å². The summed E-state index contributed by atoms with van der Waals surface area (Å²) in [5, 5.41) is 6.20. The molecule has 24 heavy (non-hydrogen) atoms. The van der Waals surface area contributed by atoms with Crippen molar-refractivity contribution < 1.29 is 4.79 Å². The lowest BCUT2D eigenvalue weighted by molar-refractivity contribution is 0.102. The van der Waals surface area contributed by atoms with Gasteiger partial charge in [0, 0.05) is 12.2 Å². The fourth-order valence-corrected chi connectivity index (χ4v) is 2.51. The average Bonchev–Trinajstić information content (AvgIpc) is 2.62. The van der Waals surface area contributed by atoms with Gasteiger partial charge in [-0.25, -0.2) is 9.97 Å². The van der Waals surface area contributed by atoms with Crippen LogP contribution >= 0.6 is 0 Å². The van der Waals surface area contributed by atoms with Crippen molar-refractivity contribution in [1.29, 1.82) is 0 Å². The molecule has 0 bridgehead atoms. The minimum atomic E-state index is -0.224. The lowest BCUT2D eigenvalue weighted by atomic mass is 10.0. The number of carbonyl (C=O) groups is 1. The highest BCUT2D eigenvalue weighted by Gasteiger charge is 2.13. The average molecular weight is 326 g/mol. The Kier molecular flexibility index (Phi) is 6.73. The van der Waals surface area contributed by atoms with E-state index in [1.54, 1.807) is 6.20 Å². The van der Waals surface area contributed by atoms with Crippen molar-refractivity contribution in [3.63, 3.8) is 0 Å². The monoisotopic (exact) mass is 326 g/mol. The van der Waals surface area contributed by atoms with Crippen molar-refractivity contribution in [1.82, 2.24) is 9.97 Å². The summed E-state index contributed by atoms with van der Waals surface area (Å²) in [6.07, 6.45) is 7.07. The van der Waals surface area contributed by atoms with E-state index in [1.807, 2.05) is 18.2 Å². The first-order chi connectivity index (χ1) is 11.7. The summed E-state index contributed by atoms with van der Waals surface area (Å²) < 4.78 is 0. The second kappa shape index (κ2) is 9.01. The van der Waals surface area contributed by atoms with E-state index in [0.29, 0.717) is 11.5 Å². The molecule has 0 unspecified atom stereocenters. The number of carbonyl (C=O) groups excluding carboxylic acids is 1. The molecule has 2 rings (SSSR count). The van der Waals surface area contributed by atoms with E-state index in [-0.39, 0.29) is 5.91 Å². The van der Waals surface area contributed by atoms with Gasteiger partial charge in [0.25, 0.3) is 5.91 Å². The van der Waals surface area contributed by atoms with Crippen LogP contribution in [0.15, 0.2) is 30.6 Å². The van der Waals surface area contributed by atoms with Crippen molar-refractivity contribution in [2.24, 2.45) is 0 Å². The first kappa shape index (κ1) is 17.9. The Bertz CT molecular complexity index is 645. The van der Waals surface area contributed by atoms with Crippen molar-refractivity contribution in [3.8, 4) is 0 Å². The molecule has 0 spiro atoms. The van der Waals surface area contributed by atoms with Crippen LogP contribution in [-0.4, -0.2) is 22.4 Å². The Morgan fingerprint density at radius 2 is 1.75 bits per heavy atom. The molecule has 1 aromatic carbocycles. The zero-order valence-electron chi connectivity index (χ0n) is 14.7. The maximum absolute atomic E-state index is 12.5. The van der Waals surface area contributed by atoms with Crippen LogP contribution in [-0.2, 0) is 12.8 Å². The maximum atomic E-state index is 12.5. The summed E-state index contributed by atoms with van der Waals surface area (Å²) in [5.41, 5.74) is 3.49. The Morgan fingerprint density at radius 1 is 1.04 bits per heavy atom. The van der Waals surface area contributed by atoms with Gasteiger partial charge in [-0.1, -0.05) is 45.4 Å². The highest BCUT2D eigenvalue weighted by molar-refractivity contribution is 6.03. The van der Waals surface area contributed by atoms with Gasteiger partial charge >= 0.3 is 0 Å². The van der Waals surface area contributed by atoms with E-state index in [0.717, 1.165) is 49.0 Å². The van der Waals surface area contributed by atoms with Gasteiger partial charge in [0.1, 0.15) is 11.5 Å². The fraction of sp³-hybridized carbons (Fsp3) is 0.421. The normalized spacial score (nSPS) is 10.5. The van der Waals surface area contributed by atoms with Gasteiger partial charge in [0.05, 0.1) is 12.4 Å². The van der Waals surface area contributed by atoms with Crippen LogP contribution in [0.4, 0.5) is 11.5 Å². The molecule has 5 heteroatoms. The number of aromatic nitrogens is 2. The molecule has 0 saturated heterocycles. The Hall–Kier alpha value is -2.43. The number of rotatable bonds is 8. The SMILES string of the molecule is CCCCNc1cnc(C(=O)Nc2c(CC)cccc2CC)cn1. The number of nitrogens with zero attached hydrogens (tertiary/aromatic N) is 2. The molecule has 1 heterocycles. The summed E-state index contributed by atoms with van der Waals surface area (Å²) in [4.78, 5) is 21.0. The smallest absolute Gasteiger partial charge is 0.275 e. The first-order valence-electron chi connectivity index (χ1n) is 8.67. The van der Waals surface area contributed by atoms with Gasteiger partial charge in [-0.3, -0.25) is 4.79 Å². The molecule has 0 radical (unpaired) electrons. The molecule has 0 fully saturated rings. The standard InChI is InChI=1S/C19H26N4O/c1-4-7-11-20-17-13-21-16(12-22-17)19(24)23-18-14(5-2)9-8-10-15(18)6-3/h8-10,12-13H,4-7,11H2,1-3H3,(H,20,22)(H,23,24). The number of para-hydroxylation sites is 1. The number of hydrogen-bond acceptors (Lipinski definition) is 4. The third-order valence-electron chi connectivity index (χ3n) is 3.96. The van der Waals surface area contributed by atoms with E-state index in [2.05, 4.69) is 41.4 Å². The molecular formula is C19H26N4O. The van der Waals surface area contributed by atoms with E-state index in [1.165, 1.54) is 6.20 Å². The topological polar surface area (TPSA) is 66.9 Å². The summed E-state index contributed by atoms with van der Waals surface area (Å²) >= 11 is 0. The van der Waals surface area contributed by atoms with Gasteiger partial charge < -0.3 is 10.6 Å². The first-order valence-corrected chi connectivity index (χ1v) is 8.67.